The first-order valence-corrected chi connectivity index (χ1v) is 5.84. The second kappa shape index (κ2) is 5.14. The Balaban J connectivity index is 3.54. The second-order valence-corrected chi connectivity index (χ2v) is 4.61. The summed E-state index contributed by atoms with van der Waals surface area (Å²) in [6.07, 6.45) is 0.796. The molecule has 0 radical (unpaired) electrons. The molecule has 0 aliphatic carbocycles. The molecule has 0 heterocycles. The summed E-state index contributed by atoms with van der Waals surface area (Å²) in [5.74, 6) is 0. The van der Waals surface area contributed by atoms with Crippen molar-refractivity contribution in [3.8, 4) is 12.1 Å². The van der Waals surface area contributed by atoms with Gasteiger partial charge in [0, 0.05) is 4.47 Å². The fourth-order valence-electron chi connectivity index (χ4n) is 1.98. The van der Waals surface area contributed by atoms with E-state index in [1.54, 1.807) is 0 Å². The summed E-state index contributed by atoms with van der Waals surface area (Å²) in [4.78, 5) is 0. The monoisotopic (exact) mass is 276 g/mol. The van der Waals surface area contributed by atoms with Gasteiger partial charge in [-0.05, 0) is 48.6 Å². The number of hydrogen-bond donors (Lipinski definition) is 0. The summed E-state index contributed by atoms with van der Waals surface area (Å²) in [5, 5.41) is 17.6. The SMILES string of the molecule is Cc1c(Br)c(C)c(CC#N)c(C)c1CC#N. The van der Waals surface area contributed by atoms with Crippen LogP contribution in [0.25, 0.3) is 0 Å². The lowest BCUT2D eigenvalue weighted by Gasteiger charge is -2.16. The van der Waals surface area contributed by atoms with E-state index in [2.05, 4.69) is 28.1 Å². The average Bonchev–Trinajstić information content (AvgIpc) is 2.28. The average molecular weight is 277 g/mol. The summed E-state index contributed by atoms with van der Waals surface area (Å²) in [6.45, 7) is 6.01. The molecular weight excluding hydrogens is 264 g/mol. The maximum atomic E-state index is 8.82. The van der Waals surface area contributed by atoms with Crippen molar-refractivity contribution < 1.29 is 0 Å². The van der Waals surface area contributed by atoms with Gasteiger partial charge in [0.2, 0.25) is 0 Å². The van der Waals surface area contributed by atoms with Crippen molar-refractivity contribution in [1.82, 2.24) is 0 Å². The van der Waals surface area contributed by atoms with Crippen LogP contribution < -0.4 is 0 Å². The molecule has 0 aliphatic heterocycles. The van der Waals surface area contributed by atoms with Crippen molar-refractivity contribution >= 4 is 15.9 Å². The van der Waals surface area contributed by atoms with Gasteiger partial charge in [-0.2, -0.15) is 10.5 Å². The highest BCUT2D eigenvalue weighted by Crippen LogP contribution is 2.31. The predicted octanol–water partition coefficient (Wildman–Crippen LogP) is 3.51. The van der Waals surface area contributed by atoms with Gasteiger partial charge in [-0.3, -0.25) is 0 Å². The largest absolute Gasteiger partial charge is 0.198 e. The first kappa shape index (κ1) is 12.7. The second-order valence-electron chi connectivity index (χ2n) is 3.82. The third-order valence-electron chi connectivity index (χ3n) is 2.98. The van der Waals surface area contributed by atoms with Crippen LogP contribution in [0.3, 0.4) is 0 Å². The summed E-state index contributed by atoms with van der Waals surface area (Å²) in [7, 11) is 0. The topological polar surface area (TPSA) is 47.6 Å². The predicted molar refractivity (Wildman–Crippen MR) is 67.0 cm³/mol. The molecule has 0 unspecified atom stereocenters. The number of halogens is 1. The van der Waals surface area contributed by atoms with Gasteiger partial charge in [-0.15, -0.1) is 0 Å². The molecule has 1 rings (SSSR count). The van der Waals surface area contributed by atoms with Gasteiger partial charge in [-0.1, -0.05) is 15.9 Å². The van der Waals surface area contributed by atoms with Crippen LogP contribution >= 0.6 is 15.9 Å². The zero-order chi connectivity index (χ0) is 12.3. The summed E-state index contributed by atoms with van der Waals surface area (Å²) in [5.41, 5.74) is 5.40. The lowest BCUT2D eigenvalue weighted by Crippen LogP contribution is -2.03. The summed E-state index contributed by atoms with van der Waals surface area (Å²) in [6, 6.07) is 4.36. The number of benzene rings is 1. The quantitative estimate of drug-likeness (QED) is 0.830. The molecule has 0 fully saturated rings. The number of nitriles is 2. The Hall–Kier alpha value is -1.32. The molecule has 2 nitrogen and oxygen atoms in total. The van der Waals surface area contributed by atoms with Crippen molar-refractivity contribution in [2.45, 2.75) is 33.6 Å². The Morgan fingerprint density at radius 3 is 1.56 bits per heavy atom. The van der Waals surface area contributed by atoms with E-state index in [1.807, 2.05) is 20.8 Å². The Bertz CT molecular complexity index is 461. The molecule has 0 saturated heterocycles. The molecule has 1 aromatic carbocycles. The van der Waals surface area contributed by atoms with Crippen LogP contribution in [0.2, 0.25) is 0 Å². The van der Waals surface area contributed by atoms with Gasteiger partial charge >= 0.3 is 0 Å². The third-order valence-corrected chi connectivity index (χ3v) is 4.17. The molecule has 0 atom stereocenters. The van der Waals surface area contributed by atoms with Crippen molar-refractivity contribution in [3.63, 3.8) is 0 Å². The highest BCUT2D eigenvalue weighted by atomic mass is 79.9. The van der Waals surface area contributed by atoms with E-state index in [-0.39, 0.29) is 0 Å². The molecule has 0 aromatic heterocycles. The lowest BCUT2D eigenvalue weighted by atomic mass is 9.91. The van der Waals surface area contributed by atoms with Gasteiger partial charge in [0.1, 0.15) is 0 Å². The minimum Gasteiger partial charge on any atom is -0.198 e. The summed E-state index contributed by atoms with van der Waals surface area (Å²) < 4.78 is 1.02. The summed E-state index contributed by atoms with van der Waals surface area (Å²) >= 11 is 3.54. The zero-order valence-corrected chi connectivity index (χ0v) is 11.3. The Morgan fingerprint density at radius 1 is 0.875 bits per heavy atom. The standard InChI is InChI=1S/C13H13BrN2/c1-8-11(4-6-15)9(2)13(14)10(3)12(8)5-7-16/h4-5H2,1-3H3. The molecule has 82 valence electrons. The van der Waals surface area contributed by atoms with E-state index in [4.69, 9.17) is 10.5 Å². The minimum atomic E-state index is 0.398. The van der Waals surface area contributed by atoms with Gasteiger partial charge in [0.25, 0.3) is 0 Å². The maximum Gasteiger partial charge on any atom is 0.0669 e. The molecule has 0 spiro atoms. The Morgan fingerprint density at radius 2 is 1.25 bits per heavy atom. The molecule has 0 N–H and O–H groups in total. The van der Waals surface area contributed by atoms with Crippen LogP contribution in [0.1, 0.15) is 27.8 Å². The number of rotatable bonds is 2. The fourth-order valence-corrected chi connectivity index (χ4v) is 2.46. The lowest BCUT2D eigenvalue weighted by molar-refractivity contribution is 1.07. The van der Waals surface area contributed by atoms with Crippen LogP contribution in [0.5, 0.6) is 0 Å². The van der Waals surface area contributed by atoms with Crippen molar-refractivity contribution in [3.05, 3.63) is 32.3 Å². The van der Waals surface area contributed by atoms with Crippen LogP contribution in [-0.4, -0.2) is 0 Å². The van der Waals surface area contributed by atoms with Crippen molar-refractivity contribution in [2.24, 2.45) is 0 Å². The highest BCUT2D eigenvalue weighted by molar-refractivity contribution is 9.10. The molecule has 3 heteroatoms. The van der Waals surface area contributed by atoms with Crippen molar-refractivity contribution in [1.29, 1.82) is 10.5 Å². The number of nitrogens with zero attached hydrogens (tertiary/aromatic N) is 2. The van der Waals surface area contributed by atoms with E-state index in [0.29, 0.717) is 12.8 Å². The van der Waals surface area contributed by atoms with Crippen LogP contribution in [0.4, 0.5) is 0 Å². The molecular formula is C13H13BrN2. The van der Waals surface area contributed by atoms with Gasteiger partial charge < -0.3 is 0 Å². The van der Waals surface area contributed by atoms with E-state index in [0.717, 1.165) is 32.3 Å². The smallest absolute Gasteiger partial charge is 0.0669 e. The molecule has 0 aliphatic rings. The van der Waals surface area contributed by atoms with Crippen LogP contribution in [-0.2, 0) is 12.8 Å². The normalized spacial score (nSPS) is 9.62. The molecule has 1 aromatic rings. The van der Waals surface area contributed by atoms with Gasteiger partial charge in [-0.25, -0.2) is 0 Å². The van der Waals surface area contributed by atoms with E-state index >= 15 is 0 Å². The maximum absolute atomic E-state index is 8.82. The zero-order valence-electron chi connectivity index (χ0n) is 9.69. The molecule has 16 heavy (non-hydrogen) atoms. The minimum absolute atomic E-state index is 0.398. The molecule has 0 amide bonds. The Labute approximate surface area is 105 Å². The van der Waals surface area contributed by atoms with Gasteiger partial charge in [0.05, 0.1) is 25.0 Å². The Kier molecular flexibility index (Phi) is 4.10. The molecule has 0 bridgehead atoms. The third kappa shape index (κ3) is 2.10. The molecule has 0 saturated carbocycles. The number of hydrogen-bond acceptors (Lipinski definition) is 2. The first-order chi connectivity index (χ1) is 7.54. The van der Waals surface area contributed by atoms with E-state index in [1.165, 1.54) is 0 Å². The fraction of sp³-hybridized carbons (Fsp3) is 0.385. The van der Waals surface area contributed by atoms with Crippen LogP contribution in [0.15, 0.2) is 4.47 Å². The first-order valence-electron chi connectivity index (χ1n) is 5.05. The van der Waals surface area contributed by atoms with Crippen LogP contribution in [0, 0.1) is 43.4 Å². The van der Waals surface area contributed by atoms with E-state index < -0.39 is 0 Å². The van der Waals surface area contributed by atoms with Crippen molar-refractivity contribution in [2.75, 3.05) is 0 Å². The van der Waals surface area contributed by atoms with E-state index in [9.17, 15) is 0 Å². The van der Waals surface area contributed by atoms with Gasteiger partial charge in [0.15, 0.2) is 0 Å². The highest BCUT2D eigenvalue weighted by Gasteiger charge is 2.14.